The molecule has 2 aromatic rings. The summed E-state index contributed by atoms with van der Waals surface area (Å²) in [4.78, 5) is 17.0. The molecule has 1 unspecified atom stereocenters. The fourth-order valence-electron chi connectivity index (χ4n) is 3.93. The van der Waals surface area contributed by atoms with Crippen molar-refractivity contribution in [2.75, 3.05) is 18.1 Å². The molecule has 0 bridgehead atoms. The number of nitrogens with one attached hydrogen (secondary N) is 1. The van der Waals surface area contributed by atoms with Crippen LogP contribution in [-0.4, -0.2) is 53.6 Å². The summed E-state index contributed by atoms with van der Waals surface area (Å²) >= 11 is 0. The molecular formula is C19H23N3O4S. The third-order valence-electron chi connectivity index (χ3n) is 5.47. The third kappa shape index (κ3) is 3.91. The van der Waals surface area contributed by atoms with Crippen molar-refractivity contribution in [3.05, 3.63) is 48.5 Å². The van der Waals surface area contributed by atoms with Crippen molar-refractivity contribution in [3.63, 3.8) is 0 Å². The highest BCUT2D eigenvalue weighted by molar-refractivity contribution is 7.91. The Morgan fingerprint density at radius 3 is 2.70 bits per heavy atom. The van der Waals surface area contributed by atoms with Crippen LogP contribution in [0.25, 0.3) is 5.69 Å². The molecule has 27 heavy (non-hydrogen) atoms. The van der Waals surface area contributed by atoms with E-state index in [4.69, 9.17) is 4.74 Å². The summed E-state index contributed by atoms with van der Waals surface area (Å²) in [5.41, 5.74) is 0.926. The van der Waals surface area contributed by atoms with Crippen molar-refractivity contribution >= 4 is 15.7 Å². The van der Waals surface area contributed by atoms with E-state index < -0.39 is 15.4 Å². The maximum Gasteiger partial charge on any atom is 0.270 e. The van der Waals surface area contributed by atoms with Gasteiger partial charge in [0.05, 0.1) is 29.6 Å². The van der Waals surface area contributed by atoms with Gasteiger partial charge < -0.3 is 10.1 Å². The van der Waals surface area contributed by atoms with E-state index in [-0.39, 0.29) is 23.5 Å². The molecule has 7 nitrogen and oxygen atoms in total. The van der Waals surface area contributed by atoms with Gasteiger partial charge in [0.1, 0.15) is 5.69 Å². The van der Waals surface area contributed by atoms with Crippen LogP contribution in [0, 0.1) is 0 Å². The SMILES string of the molecule is O=C(NC1CCOC2(CCS(=O)(=O)CC2)C1)c1cncn1-c1ccccc1. The second-order valence-electron chi connectivity index (χ2n) is 7.33. The number of rotatable bonds is 3. The first-order valence-electron chi connectivity index (χ1n) is 9.19. The summed E-state index contributed by atoms with van der Waals surface area (Å²) < 4.78 is 31.2. The van der Waals surface area contributed by atoms with Crippen molar-refractivity contribution in [3.8, 4) is 5.69 Å². The third-order valence-corrected chi connectivity index (χ3v) is 7.12. The molecule has 1 aromatic carbocycles. The van der Waals surface area contributed by atoms with Crippen LogP contribution in [0.5, 0.6) is 0 Å². The summed E-state index contributed by atoms with van der Waals surface area (Å²) in [6, 6.07) is 9.55. The summed E-state index contributed by atoms with van der Waals surface area (Å²) in [5.74, 6) is 0.143. The van der Waals surface area contributed by atoms with Crippen molar-refractivity contribution in [2.45, 2.75) is 37.3 Å². The van der Waals surface area contributed by atoms with E-state index in [1.54, 1.807) is 17.1 Å². The Balaban J connectivity index is 1.46. The minimum absolute atomic E-state index is 0.0359. The average Bonchev–Trinajstić information content (AvgIpc) is 3.16. The number of benzene rings is 1. The Bertz CT molecular complexity index is 909. The molecular weight excluding hydrogens is 366 g/mol. The zero-order valence-corrected chi connectivity index (χ0v) is 15.8. The van der Waals surface area contributed by atoms with Crippen LogP contribution in [0.15, 0.2) is 42.9 Å². The number of hydrogen-bond acceptors (Lipinski definition) is 5. The minimum Gasteiger partial charge on any atom is -0.375 e. The fraction of sp³-hybridized carbons (Fsp3) is 0.474. The van der Waals surface area contributed by atoms with Crippen molar-refractivity contribution in [1.29, 1.82) is 0 Å². The van der Waals surface area contributed by atoms with Crippen LogP contribution >= 0.6 is 0 Å². The zero-order chi connectivity index (χ0) is 18.9. The molecule has 4 rings (SSSR count). The van der Waals surface area contributed by atoms with Crippen molar-refractivity contribution in [1.82, 2.24) is 14.9 Å². The number of hydrogen-bond donors (Lipinski definition) is 1. The van der Waals surface area contributed by atoms with Gasteiger partial charge in [0.25, 0.3) is 5.91 Å². The molecule has 2 aliphatic rings. The quantitative estimate of drug-likeness (QED) is 0.863. The molecule has 3 heterocycles. The van der Waals surface area contributed by atoms with Crippen LogP contribution in [0.2, 0.25) is 0 Å². The van der Waals surface area contributed by atoms with Gasteiger partial charge in [0.2, 0.25) is 0 Å². The Labute approximate surface area is 158 Å². The lowest BCUT2D eigenvalue weighted by Gasteiger charge is -2.43. The number of carbonyl (C=O) groups excluding carboxylic acids is 1. The van der Waals surface area contributed by atoms with Crippen LogP contribution in [0.4, 0.5) is 0 Å². The van der Waals surface area contributed by atoms with Gasteiger partial charge in [-0.05, 0) is 37.8 Å². The van der Waals surface area contributed by atoms with Crippen molar-refractivity contribution in [2.24, 2.45) is 0 Å². The van der Waals surface area contributed by atoms with E-state index in [2.05, 4.69) is 10.3 Å². The maximum atomic E-state index is 12.8. The largest absolute Gasteiger partial charge is 0.375 e. The van der Waals surface area contributed by atoms with Gasteiger partial charge in [-0.15, -0.1) is 0 Å². The molecule has 1 amide bonds. The van der Waals surface area contributed by atoms with E-state index in [1.165, 1.54) is 0 Å². The molecule has 0 radical (unpaired) electrons. The Hall–Kier alpha value is -2.19. The summed E-state index contributed by atoms with van der Waals surface area (Å²) in [7, 11) is -2.95. The second kappa shape index (κ2) is 7.09. The Morgan fingerprint density at radius 2 is 1.96 bits per heavy atom. The lowest BCUT2D eigenvalue weighted by Crippen LogP contribution is -2.52. The number of carbonyl (C=O) groups is 1. The first-order chi connectivity index (χ1) is 13.0. The molecule has 1 atom stereocenters. The topological polar surface area (TPSA) is 90.3 Å². The van der Waals surface area contributed by atoms with Gasteiger partial charge in [-0.25, -0.2) is 13.4 Å². The van der Waals surface area contributed by atoms with Crippen LogP contribution in [0.1, 0.15) is 36.2 Å². The minimum atomic E-state index is -2.95. The highest BCUT2D eigenvalue weighted by Gasteiger charge is 2.42. The van der Waals surface area contributed by atoms with E-state index in [0.717, 1.165) is 12.1 Å². The van der Waals surface area contributed by atoms with Gasteiger partial charge in [-0.1, -0.05) is 18.2 Å². The highest BCUT2D eigenvalue weighted by atomic mass is 32.2. The molecule has 2 saturated heterocycles. The van der Waals surface area contributed by atoms with Crippen LogP contribution in [-0.2, 0) is 14.6 Å². The smallest absolute Gasteiger partial charge is 0.270 e. The molecule has 1 aromatic heterocycles. The van der Waals surface area contributed by atoms with Gasteiger partial charge in [-0.2, -0.15) is 0 Å². The summed E-state index contributed by atoms with van der Waals surface area (Å²) in [6.45, 7) is 0.531. The zero-order valence-electron chi connectivity index (χ0n) is 15.0. The van der Waals surface area contributed by atoms with E-state index in [1.807, 2.05) is 30.3 Å². The standard InChI is InChI=1S/C19H23N3O4S/c23-18(17-13-20-14-22(17)16-4-2-1-3-5-16)21-15-6-9-26-19(12-15)7-10-27(24,25)11-8-19/h1-5,13-15H,6-12H2,(H,21,23). The van der Waals surface area contributed by atoms with Crippen LogP contribution < -0.4 is 5.32 Å². The normalized spacial score (nSPS) is 23.8. The lowest BCUT2D eigenvalue weighted by molar-refractivity contribution is -0.0927. The number of nitrogens with zero attached hydrogens (tertiary/aromatic N) is 2. The molecule has 2 fully saturated rings. The van der Waals surface area contributed by atoms with Crippen LogP contribution in [0.3, 0.4) is 0 Å². The van der Waals surface area contributed by atoms with Gasteiger partial charge in [-0.3, -0.25) is 9.36 Å². The summed E-state index contributed by atoms with van der Waals surface area (Å²) in [5, 5.41) is 3.09. The predicted molar refractivity (Wildman–Crippen MR) is 101 cm³/mol. The molecule has 8 heteroatoms. The first kappa shape index (κ1) is 18.2. The number of para-hydroxylation sites is 1. The van der Waals surface area contributed by atoms with Gasteiger partial charge in [0, 0.05) is 18.3 Å². The Morgan fingerprint density at radius 1 is 1.22 bits per heavy atom. The molecule has 2 aliphatic heterocycles. The molecule has 0 aliphatic carbocycles. The maximum absolute atomic E-state index is 12.8. The number of sulfone groups is 1. The molecule has 144 valence electrons. The number of ether oxygens (including phenoxy) is 1. The first-order valence-corrected chi connectivity index (χ1v) is 11.0. The molecule has 1 spiro atoms. The predicted octanol–water partition coefficient (Wildman–Crippen LogP) is 1.73. The monoisotopic (exact) mass is 389 g/mol. The number of amides is 1. The fourth-order valence-corrected chi connectivity index (χ4v) is 5.50. The molecule has 0 saturated carbocycles. The van der Waals surface area contributed by atoms with E-state index in [9.17, 15) is 13.2 Å². The van der Waals surface area contributed by atoms with Crippen molar-refractivity contribution < 1.29 is 17.9 Å². The van der Waals surface area contributed by atoms with E-state index >= 15 is 0 Å². The van der Waals surface area contributed by atoms with Gasteiger partial charge >= 0.3 is 0 Å². The number of aromatic nitrogens is 2. The Kier molecular flexibility index (Phi) is 4.77. The molecule has 1 N–H and O–H groups in total. The van der Waals surface area contributed by atoms with E-state index in [0.29, 0.717) is 31.6 Å². The number of imidazole rings is 1. The lowest BCUT2D eigenvalue weighted by atomic mass is 9.85. The average molecular weight is 389 g/mol. The van der Waals surface area contributed by atoms with Gasteiger partial charge in [0.15, 0.2) is 9.84 Å². The highest BCUT2D eigenvalue weighted by Crippen LogP contribution is 2.36. The summed E-state index contributed by atoms with van der Waals surface area (Å²) in [6.07, 6.45) is 5.56. The second-order valence-corrected chi connectivity index (χ2v) is 9.63.